The van der Waals surface area contributed by atoms with Gasteiger partial charge in [-0.2, -0.15) is 91.8 Å². The maximum Gasteiger partial charge on any atom is 0.517 e. The van der Waals surface area contributed by atoms with Gasteiger partial charge in [0.1, 0.15) is 0 Å². The van der Waals surface area contributed by atoms with Crippen molar-refractivity contribution in [3.63, 3.8) is 0 Å². The summed E-state index contributed by atoms with van der Waals surface area (Å²) in [5, 5.41) is 0. The van der Waals surface area contributed by atoms with Gasteiger partial charge >= 0.3 is 77.2 Å². The van der Waals surface area contributed by atoms with E-state index < -0.39 is 110 Å². The van der Waals surface area contributed by atoms with Crippen molar-refractivity contribution in [2.45, 2.75) is 45.6 Å². The summed E-state index contributed by atoms with van der Waals surface area (Å²) in [6.45, 7) is 0. The Balaban J connectivity index is 0.00000308. The number of alkyl halides is 18. The summed E-state index contributed by atoms with van der Waals surface area (Å²) in [7, 11) is -4.67. The monoisotopic (exact) mass is 811 g/mol. The normalized spacial score (nSPS) is 15.0. The highest BCUT2D eigenvalue weighted by Gasteiger charge is 2.97. The van der Waals surface area contributed by atoms with Crippen molar-refractivity contribution >= 4 is 10.4 Å². The standard InChI is InChI=1S/C14F22I.H2O4S/c15-1-2(16)4(18)6(5(19)3(1)17)37-14(35,36)12(30,31)10(26,27)8(22,23)7(20,21)9(24,25)11(28,29)13(32,33)34;1-5(2,3)4/h;(H2,1,2,3,4)/q+1;. The number of hydrogen-bond acceptors (Lipinski definition) is 2. The molecule has 0 saturated heterocycles. The number of halogens is 23. The van der Waals surface area contributed by atoms with Crippen molar-refractivity contribution in [3.05, 3.63) is 32.7 Å². The maximum absolute atomic E-state index is 13.8. The molecule has 0 unspecified atom stereocenters. The summed E-state index contributed by atoms with van der Waals surface area (Å²) >= 11 is -5.27. The smallest absolute Gasteiger partial charge is 0.264 e. The van der Waals surface area contributed by atoms with Crippen LogP contribution in [0.2, 0.25) is 0 Å². The third kappa shape index (κ3) is 6.53. The van der Waals surface area contributed by atoms with Crippen molar-refractivity contribution in [2.24, 2.45) is 0 Å². The van der Waals surface area contributed by atoms with Crippen LogP contribution in [-0.4, -0.2) is 63.2 Å². The number of rotatable bonds is 8. The van der Waals surface area contributed by atoms with Gasteiger partial charge in [0.15, 0.2) is 0 Å². The van der Waals surface area contributed by atoms with Crippen LogP contribution in [0.4, 0.5) is 96.6 Å². The van der Waals surface area contributed by atoms with Gasteiger partial charge in [-0.15, -0.1) is 0 Å². The molecule has 4 nitrogen and oxygen atoms in total. The van der Waals surface area contributed by atoms with Crippen LogP contribution < -0.4 is 21.2 Å². The molecule has 0 saturated carbocycles. The molecular weight excluding hydrogens is 809 g/mol. The summed E-state index contributed by atoms with van der Waals surface area (Å²) in [4.78, 5) is 0. The van der Waals surface area contributed by atoms with Gasteiger partial charge in [0.2, 0.25) is 29.1 Å². The molecule has 0 atom stereocenters. The fraction of sp³-hybridized carbons (Fsp3) is 0.571. The first-order chi connectivity index (χ1) is 17.9. The second kappa shape index (κ2) is 11.3. The van der Waals surface area contributed by atoms with Crippen LogP contribution in [0, 0.1) is 32.7 Å². The predicted octanol–water partition coefficient (Wildman–Crippen LogP) is 3.95. The summed E-state index contributed by atoms with van der Waals surface area (Å²) < 4.78 is 310. The molecule has 1 rings (SSSR count). The third-order valence-electron chi connectivity index (χ3n) is 4.05. The lowest BCUT2D eigenvalue weighted by Crippen LogP contribution is -3.68. The summed E-state index contributed by atoms with van der Waals surface area (Å²) in [5.74, 6) is -68.5. The van der Waals surface area contributed by atoms with E-state index in [1.807, 2.05) is 0 Å². The maximum atomic E-state index is 13.8. The molecule has 1 aromatic carbocycles. The summed E-state index contributed by atoms with van der Waals surface area (Å²) in [6.07, 6.45) is -7.95. The Labute approximate surface area is 224 Å². The van der Waals surface area contributed by atoms with Crippen molar-refractivity contribution in [2.75, 3.05) is 0 Å². The van der Waals surface area contributed by atoms with Crippen molar-refractivity contribution < 1.29 is 135 Å². The van der Waals surface area contributed by atoms with Gasteiger partial charge in [-0.3, -0.25) is 9.11 Å². The minimum Gasteiger partial charge on any atom is -0.264 e. The van der Waals surface area contributed by atoms with Gasteiger partial charge in [0.05, 0.1) is 0 Å². The second-order valence-electron chi connectivity index (χ2n) is 6.87. The summed E-state index contributed by atoms with van der Waals surface area (Å²) in [5.41, 5.74) is 0. The Morgan fingerprint density at radius 1 is 0.429 bits per heavy atom. The fourth-order valence-corrected chi connectivity index (χ4v) is 4.29. The quantitative estimate of drug-likeness (QED) is 0.104. The van der Waals surface area contributed by atoms with Crippen LogP contribution in [0.3, 0.4) is 0 Å². The molecule has 0 aliphatic carbocycles. The van der Waals surface area contributed by atoms with E-state index in [9.17, 15) is 96.6 Å². The molecule has 0 amide bonds. The zero-order chi connectivity index (χ0) is 34.7. The molecule has 0 aliphatic rings. The van der Waals surface area contributed by atoms with E-state index >= 15 is 0 Å². The third-order valence-corrected chi connectivity index (χ3v) is 6.89. The highest BCUT2D eigenvalue weighted by Crippen LogP contribution is 2.63. The van der Waals surface area contributed by atoms with Gasteiger partial charge in [0.25, 0.3) is 3.57 Å². The number of hydrogen-bond donors (Lipinski definition) is 2. The second-order valence-corrected chi connectivity index (χ2v) is 10.7. The molecule has 0 heterocycles. The number of benzene rings is 1. The van der Waals surface area contributed by atoms with Crippen LogP contribution >= 0.6 is 0 Å². The van der Waals surface area contributed by atoms with Gasteiger partial charge in [-0.05, 0) is 0 Å². The zero-order valence-corrected chi connectivity index (χ0v) is 20.8. The summed E-state index contributed by atoms with van der Waals surface area (Å²) in [6, 6.07) is 0. The average Bonchev–Trinajstić information content (AvgIpc) is 2.76. The largest absolute Gasteiger partial charge is 0.517 e. The predicted molar refractivity (Wildman–Crippen MR) is 79.8 cm³/mol. The highest BCUT2D eigenvalue weighted by molar-refractivity contribution is 7.79. The molecule has 0 spiro atoms. The Morgan fingerprint density at radius 3 is 0.905 bits per heavy atom. The van der Waals surface area contributed by atoms with Gasteiger partial charge in [-0.25, -0.2) is 13.2 Å². The topological polar surface area (TPSA) is 74.6 Å². The van der Waals surface area contributed by atoms with Crippen molar-refractivity contribution in [3.8, 4) is 0 Å². The lowest BCUT2D eigenvalue weighted by atomic mass is 9.91. The van der Waals surface area contributed by atoms with Crippen molar-refractivity contribution in [1.29, 1.82) is 0 Å². The lowest BCUT2D eigenvalue weighted by Gasteiger charge is -2.41. The van der Waals surface area contributed by atoms with Gasteiger partial charge in [-0.1, -0.05) is 0 Å². The minimum atomic E-state index is -8.94. The van der Waals surface area contributed by atoms with E-state index in [0.29, 0.717) is 0 Å². The molecule has 0 radical (unpaired) electrons. The first kappa shape index (κ1) is 40.3. The molecule has 28 heteroatoms. The van der Waals surface area contributed by atoms with Crippen molar-refractivity contribution in [1.82, 2.24) is 0 Å². The van der Waals surface area contributed by atoms with E-state index in [-0.39, 0.29) is 0 Å². The zero-order valence-electron chi connectivity index (χ0n) is 17.8. The van der Waals surface area contributed by atoms with E-state index in [1.165, 1.54) is 0 Å². The van der Waals surface area contributed by atoms with Gasteiger partial charge in [0, 0.05) is 0 Å². The Bertz CT molecular complexity index is 1240. The molecule has 2 N–H and O–H groups in total. The molecule has 1 aromatic rings. The van der Waals surface area contributed by atoms with E-state index in [1.54, 1.807) is 0 Å². The van der Waals surface area contributed by atoms with E-state index in [2.05, 4.69) is 0 Å². The SMILES string of the molecule is Fc1c(F)c(F)c([I+]C(F)(F)C(F)(F)C(F)(F)C(F)(F)C(F)(F)C(F)(F)C(F)(F)C(F)(F)F)c(F)c1F.O=S(=O)(O)O. The average molecular weight is 811 g/mol. The molecule has 0 fully saturated rings. The molecule has 248 valence electrons. The first-order valence-corrected chi connectivity index (χ1v) is 12.0. The highest BCUT2D eigenvalue weighted by atomic mass is 127. The van der Waals surface area contributed by atoms with E-state index in [0.717, 1.165) is 0 Å². The lowest BCUT2D eigenvalue weighted by molar-refractivity contribution is -0.794. The molecule has 0 bridgehead atoms. The van der Waals surface area contributed by atoms with Crippen LogP contribution in [0.5, 0.6) is 0 Å². The first-order valence-electron chi connectivity index (χ1n) is 8.48. The van der Waals surface area contributed by atoms with Crippen LogP contribution in [-0.2, 0) is 10.4 Å². The molecular formula is C14H2F22IO4S+. The Hall–Kier alpha value is -1.72. The fourth-order valence-electron chi connectivity index (χ4n) is 1.98. The Morgan fingerprint density at radius 2 is 0.643 bits per heavy atom. The molecule has 42 heavy (non-hydrogen) atoms. The minimum absolute atomic E-state index is 3.06. The molecule has 0 aliphatic heterocycles. The Kier molecular flexibility index (Phi) is 10.9. The van der Waals surface area contributed by atoms with E-state index in [4.69, 9.17) is 17.5 Å². The molecule has 0 aromatic heterocycles. The van der Waals surface area contributed by atoms with Crippen LogP contribution in [0.15, 0.2) is 0 Å². The van der Waals surface area contributed by atoms with Crippen LogP contribution in [0.1, 0.15) is 0 Å². The van der Waals surface area contributed by atoms with Gasteiger partial charge < -0.3 is 0 Å². The van der Waals surface area contributed by atoms with Crippen LogP contribution in [0.25, 0.3) is 0 Å².